The topological polar surface area (TPSA) is 35.6 Å². The molecule has 0 amide bonds. The average Bonchev–Trinajstić information content (AvgIpc) is 3.14. The van der Waals surface area contributed by atoms with Gasteiger partial charge in [-0.05, 0) is 27.7 Å². The molecule has 0 saturated heterocycles. The molecular weight excluding hydrogens is 537 g/mol. The van der Waals surface area contributed by atoms with E-state index < -0.39 is 0 Å². The molecule has 0 N–H and O–H groups in total. The average molecular weight is 564 g/mol. The van der Waals surface area contributed by atoms with Crippen molar-refractivity contribution in [3.63, 3.8) is 0 Å². The molecule has 4 aromatic rings. The monoisotopic (exact) mass is 564 g/mol. The van der Waals surface area contributed by atoms with Gasteiger partial charge in [0.25, 0.3) is 0 Å². The fourth-order valence-corrected chi connectivity index (χ4v) is 3.05. The molecule has 1 radical (unpaired) electrons. The molecule has 0 saturated carbocycles. The summed E-state index contributed by atoms with van der Waals surface area (Å²) >= 11 is 0. The summed E-state index contributed by atoms with van der Waals surface area (Å²) in [6, 6.07) is 21.4. The van der Waals surface area contributed by atoms with E-state index in [4.69, 9.17) is 0 Å². The molecule has 0 unspecified atom stereocenters. The van der Waals surface area contributed by atoms with Crippen molar-refractivity contribution in [3.05, 3.63) is 83.4 Å². The van der Waals surface area contributed by atoms with Gasteiger partial charge in [-0.25, -0.2) is 4.98 Å². The van der Waals surface area contributed by atoms with Gasteiger partial charge in [-0.2, -0.15) is 0 Å². The SMILES string of the molecule is Cc1nc(-c2[c-]cccc2)n(C)c1C.Cc1nc(-c2ccccc2)n(C)c1C.[Ir]. The number of hydrogen-bond acceptors (Lipinski definition) is 2. The molecule has 4 nitrogen and oxygen atoms in total. The molecule has 0 spiro atoms. The molecule has 0 aliphatic carbocycles. The normalized spacial score (nSPS) is 10.1. The Morgan fingerprint density at radius 1 is 0.690 bits per heavy atom. The van der Waals surface area contributed by atoms with E-state index in [9.17, 15) is 0 Å². The number of imidazole rings is 2. The Morgan fingerprint density at radius 3 is 1.66 bits per heavy atom. The van der Waals surface area contributed by atoms with Crippen molar-refractivity contribution in [1.29, 1.82) is 0 Å². The maximum atomic E-state index is 4.54. The van der Waals surface area contributed by atoms with Crippen molar-refractivity contribution in [3.8, 4) is 22.8 Å². The van der Waals surface area contributed by atoms with Crippen LogP contribution in [-0.2, 0) is 34.2 Å². The van der Waals surface area contributed by atoms with Crippen molar-refractivity contribution in [2.45, 2.75) is 27.7 Å². The zero-order chi connectivity index (χ0) is 20.3. The zero-order valence-corrected chi connectivity index (χ0v) is 20.2. The maximum Gasteiger partial charge on any atom is 0.140 e. The van der Waals surface area contributed by atoms with Crippen LogP contribution < -0.4 is 0 Å². The molecule has 2 aromatic carbocycles. The van der Waals surface area contributed by atoms with Crippen LogP contribution in [-0.4, -0.2) is 19.1 Å². The summed E-state index contributed by atoms with van der Waals surface area (Å²) in [7, 11) is 4.09. The van der Waals surface area contributed by atoms with Crippen LogP contribution in [0.25, 0.3) is 22.8 Å². The number of benzene rings is 2. The first-order chi connectivity index (χ1) is 13.4. The van der Waals surface area contributed by atoms with Gasteiger partial charge in [0, 0.05) is 56.8 Å². The quantitative estimate of drug-likeness (QED) is 0.314. The summed E-state index contributed by atoms with van der Waals surface area (Å²) in [5, 5.41) is 0. The number of aromatic nitrogens is 4. The third-order valence-corrected chi connectivity index (χ3v) is 5.22. The van der Waals surface area contributed by atoms with Crippen LogP contribution in [0, 0.1) is 33.8 Å². The third-order valence-electron chi connectivity index (χ3n) is 5.22. The van der Waals surface area contributed by atoms with E-state index in [1.807, 2.05) is 63.4 Å². The second kappa shape index (κ2) is 9.82. The van der Waals surface area contributed by atoms with E-state index in [-0.39, 0.29) is 20.1 Å². The van der Waals surface area contributed by atoms with Crippen molar-refractivity contribution >= 4 is 0 Å². The summed E-state index contributed by atoms with van der Waals surface area (Å²) in [6.45, 7) is 8.24. The molecule has 0 aliphatic heterocycles. The molecule has 5 heteroatoms. The molecule has 153 valence electrons. The van der Waals surface area contributed by atoms with Gasteiger partial charge >= 0.3 is 0 Å². The smallest absolute Gasteiger partial charge is 0.140 e. The van der Waals surface area contributed by atoms with Crippen molar-refractivity contribution in [1.82, 2.24) is 19.1 Å². The first-order valence-corrected chi connectivity index (χ1v) is 9.42. The Labute approximate surface area is 187 Å². The molecule has 2 aromatic heterocycles. The first-order valence-electron chi connectivity index (χ1n) is 9.42. The van der Waals surface area contributed by atoms with Gasteiger partial charge in [0.15, 0.2) is 0 Å². The fourth-order valence-electron chi connectivity index (χ4n) is 3.05. The molecule has 0 fully saturated rings. The van der Waals surface area contributed by atoms with E-state index in [0.29, 0.717) is 0 Å². The van der Waals surface area contributed by atoms with Crippen molar-refractivity contribution < 1.29 is 20.1 Å². The largest absolute Gasteiger partial charge is 0.371 e. The second-order valence-electron chi connectivity index (χ2n) is 6.97. The molecule has 2 heterocycles. The minimum atomic E-state index is 0. The van der Waals surface area contributed by atoms with Crippen LogP contribution in [0.2, 0.25) is 0 Å². The van der Waals surface area contributed by atoms with Gasteiger partial charge in [0.05, 0.1) is 11.5 Å². The van der Waals surface area contributed by atoms with Crippen LogP contribution in [0.3, 0.4) is 0 Å². The van der Waals surface area contributed by atoms with Crippen LogP contribution in [0.1, 0.15) is 22.8 Å². The molecule has 29 heavy (non-hydrogen) atoms. The van der Waals surface area contributed by atoms with Crippen molar-refractivity contribution in [2.24, 2.45) is 14.1 Å². The minimum absolute atomic E-state index is 0. The van der Waals surface area contributed by atoms with Gasteiger partial charge < -0.3 is 9.13 Å². The number of aryl methyl sites for hydroxylation is 2. The standard InChI is InChI=1S/C12H14N2.C12H13N2.Ir/c2*1-9-10(2)14(3)12(13-9)11-7-5-4-6-8-11;/h4-8H,1-3H3;4-7H,1-3H3;/q;-1;. The Kier molecular flexibility index (Phi) is 7.72. The first kappa shape index (κ1) is 22.8. The molecule has 0 atom stereocenters. The molecule has 4 rings (SSSR count). The predicted octanol–water partition coefficient (Wildman–Crippen LogP) is 5.21. The van der Waals surface area contributed by atoms with Crippen molar-refractivity contribution in [2.75, 3.05) is 0 Å². The zero-order valence-electron chi connectivity index (χ0n) is 17.8. The maximum absolute atomic E-state index is 4.54. The van der Waals surface area contributed by atoms with Crippen LogP contribution in [0.4, 0.5) is 0 Å². The Morgan fingerprint density at radius 2 is 1.21 bits per heavy atom. The summed E-state index contributed by atoms with van der Waals surface area (Å²) in [6.07, 6.45) is 0. The van der Waals surface area contributed by atoms with E-state index in [1.165, 1.54) is 17.0 Å². The van der Waals surface area contributed by atoms with Crippen LogP contribution in [0.15, 0.2) is 54.6 Å². The Balaban J connectivity index is 0.000000200. The second-order valence-corrected chi connectivity index (χ2v) is 6.97. The van der Waals surface area contributed by atoms with Crippen LogP contribution in [0.5, 0.6) is 0 Å². The summed E-state index contributed by atoms with van der Waals surface area (Å²) in [4.78, 5) is 9.05. The van der Waals surface area contributed by atoms with Gasteiger partial charge in [-0.1, -0.05) is 30.3 Å². The van der Waals surface area contributed by atoms with Gasteiger partial charge in [0.1, 0.15) is 5.82 Å². The van der Waals surface area contributed by atoms with Crippen LogP contribution >= 0.6 is 0 Å². The number of rotatable bonds is 2. The Bertz CT molecular complexity index is 976. The minimum Gasteiger partial charge on any atom is -0.371 e. The Hall–Kier alpha value is -2.49. The summed E-state index contributed by atoms with van der Waals surface area (Å²) in [5.41, 5.74) is 6.84. The van der Waals surface area contributed by atoms with Gasteiger partial charge in [0.2, 0.25) is 0 Å². The third kappa shape index (κ3) is 4.92. The molecule has 0 aliphatic rings. The van der Waals surface area contributed by atoms with E-state index >= 15 is 0 Å². The van der Waals surface area contributed by atoms with E-state index in [2.05, 4.69) is 58.2 Å². The fraction of sp³-hybridized carbons (Fsp3) is 0.250. The van der Waals surface area contributed by atoms with E-state index in [0.717, 1.165) is 28.6 Å². The van der Waals surface area contributed by atoms with Gasteiger partial charge in [-0.15, -0.1) is 35.9 Å². The predicted molar refractivity (Wildman–Crippen MR) is 115 cm³/mol. The van der Waals surface area contributed by atoms with E-state index in [1.54, 1.807) is 0 Å². The van der Waals surface area contributed by atoms with Gasteiger partial charge in [-0.3, -0.25) is 4.98 Å². The number of nitrogens with zero attached hydrogens (tertiary/aromatic N) is 4. The summed E-state index contributed by atoms with van der Waals surface area (Å²) < 4.78 is 4.23. The number of hydrogen-bond donors (Lipinski definition) is 0. The molecular formula is C24H27IrN4-. The summed E-state index contributed by atoms with van der Waals surface area (Å²) in [5.74, 6) is 2.03. The molecule has 0 bridgehead atoms.